The van der Waals surface area contributed by atoms with Crippen LogP contribution in [0.3, 0.4) is 0 Å². The summed E-state index contributed by atoms with van der Waals surface area (Å²) >= 11 is 5.77. The van der Waals surface area contributed by atoms with Crippen molar-refractivity contribution >= 4 is 39.0 Å². The number of Topliss-reactive ketones (excluding diaryl/α,β-unsaturated/α-hetero) is 1. The zero-order valence-electron chi connectivity index (χ0n) is 6.30. The van der Waals surface area contributed by atoms with E-state index in [2.05, 4.69) is 0 Å². The lowest BCUT2D eigenvalue weighted by atomic mass is 10.1. The van der Waals surface area contributed by atoms with Gasteiger partial charge >= 0.3 is 0 Å². The van der Waals surface area contributed by atoms with Crippen molar-refractivity contribution in [3.63, 3.8) is 0 Å². The summed E-state index contributed by atoms with van der Waals surface area (Å²) in [7, 11) is 6.59. The summed E-state index contributed by atoms with van der Waals surface area (Å²) in [6, 6.07) is 5.12. The highest BCUT2D eigenvalue weighted by molar-refractivity contribution is 8.21. The molecule has 0 unspecified atom stereocenters. The monoisotopic (exact) mass is 220 g/mol. The molecule has 0 atom stereocenters. The summed E-state index contributed by atoms with van der Waals surface area (Å²) in [5.41, 5.74) is 0.516. The lowest BCUT2D eigenvalue weighted by Gasteiger charge is -2.00. The van der Waals surface area contributed by atoms with Crippen LogP contribution in [0, 0.1) is 0 Å². The van der Waals surface area contributed by atoms with E-state index in [0.29, 0.717) is 10.6 Å². The molecule has 0 radical (unpaired) electrons. The van der Waals surface area contributed by atoms with Gasteiger partial charge in [0.25, 0.3) is 0 Å². The van der Waals surface area contributed by atoms with Gasteiger partial charge in [-0.15, -0.1) is 0 Å². The molecule has 0 amide bonds. The van der Waals surface area contributed by atoms with Crippen molar-refractivity contribution in [2.45, 2.75) is 11.8 Å². The largest absolute Gasteiger partial charge is 0.294 e. The predicted octanol–water partition coefficient (Wildman–Crippen LogP) is 3.79. The smallest absolute Gasteiger partial charge is 0.161 e. The van der Waals surface area contributed by atoms with E-state index in [0.717, 1.165) is 15.9 Å². The molecule has 1 nitrogen and oxygen atoms in total. The van der Waals surface area contributed by atoms with Gasteiger partial charge in [0.2, 0.25) is 0 Å². The number of halogens is 2. The van der Waals surface area contributed by atoms with Crippen molar-refractivity contribution in [2.24, 2.45) is 0 Å². The first kappa shape index (κ1) is 9.90. The molecule has 0 bridgehead atoms. The normalized spacial score (nSPS) is 9.92. The molecule has 1 rings (SSSR count). The second-order valence-electron chi connectivity index (χ2n) is 2.27. The number of carbonyl (C=O) groups excluding carboxylic acids is 1. The summed E-state index contributed by atoms with van der Waals surface area (Å²) in [4.78, 5) is 11.8. The average Bonchev–Trinajstić information content (AvgIpc) is 2.05. The molecule has 0 heterocycles. The van der Waals surface area contributed by atoms with E-state index >= 15 is 0 Å². The SMILES string of the molecule is CC(=O)c1cc(SCl)ccc1Cl. The second-order valence-corrected chi connectivity index (χ2v) is 3.77. The second kappa shape index (κ2) is 4.17. The predicted molar refractivity (Wildman–Crippen MR) is 53.2 cm³/mol. The molecule has 0 aromatic heterocycles. The molecule has 0 N–H and O–H groups in total. The van der Waals surface area contributed by atoms with Gasteiger partial charge in [0.05, 0.1) is 5.02 Å². The number of ketones is 1. The minimum absolute atomic E-state index is 0.0485. The first-order chi connectivity index (χ1) is 5.65. The molecule has 0 spiro atoms. The summed E-state index contributed by atoms with van der Waals surface area (Å²) in [5.74, 6) is -0.0485. The van der Waals surface area contributed by atoms with Crippen LogP contribution in [0.4, 0.5) is 0 Å². The van der Waals surface area contributed by atoms with E-state index < -0.39 is 0 Å². The van der Waals surface area contributed by atoms with Gasteiger partial charge in [0.1, 0.15) is 0 Å². The minimum Gasteiger partial charge on any atom is -0.294 e. The number of carbonyl (C=O) groups is 1. The van der Waals surface area contributed by atoms with Gasteiger partial charge < -0.3 is 0 Å². The van der Waals surface area contributed by atoms with E-state index in [1.54, 1.807) is 18.2 Å². The van der Waals surface area contributed by atoms with Crippen LogP contribution in [0.25, 0.3) is 0 Å². The van der Waals surface area contributed by atoms with Gasteiger partial charge in [-0.1, -0.05) is 11.6 Å². The highest BCUT2D eigenvalue weighted by Gasteiger charge is 2.05. The van der Waals surface area contributed by atoms with Gasteiger partial charge in [0.15, 0.2) is 5.78 Å². The standard InChI is InChI=1S/C8H6Cl2OS/c1-5(11)7-4-6(12-10)2-3-8(7)9/h2-4H,1H3. The molecule has 64 valence electrons. The molecule has 12 heavy (non-hydrogen) atoms. The Balaban J connectivity index is 3.17. The topological polar surface area (TPSA) is 17.1 Å². The molecule has 1 aromatic rings. The van der Waals surface area contributed by atoms with Gasteiger partial charge in [-0.25, -0.2) is 0 Å². The van der Waals surface area contributed by atoms with Crippen LogP contribution in [-0.4, -0.2) is 5.78 Å². The molecular weight excluding hydrogens is 215 g/mol. The highest BCUT2D eigenvalue weighted by Crippen LogP contribution is 2.26. The quantitative estimate of drug-likeness (QED) is 0.706. The Bertz CT molecular complexity index is 312. The van der Waals surface area contributed by atoms with E-state index in [9.17, 15) is 4.79 Å². The van der Waals surface area contributed by atoms with Crippen LogP contribution in [0.2, 0.25) is 5.02 Å². The highest BCUT2D eigenvalue weighted by atomic mass is 35.7. The van der Waals surface area contributed by atoms with E-state index in [1.807, 2.05) is 0 Å². The van der Waals surface area contributed by atoms with Crippen molar-refractivity contribution in [3.8, 4) is 0 Å². The van der Waals surface area contributed by atoms with Crippen molar-refractivity contribution < 1.29 is 4.79 Å². The Hall–Kier alpha value is -0.180. The maximum Gasteiger partial charge on any atom is 0.161 e. The summed E-state index contributed by atoms with van der Waals surface area (Å²) in [5, 5.41) is 0.469. The lowest BCUT2D eigenvalue weighted by Crippen LogP contribution is -1.92. The van der Waals surface area contributed by atoms with Gasteiger partial charge in [-0.2, -0.15) is 0 Å². The molecule has 0 aliphatic carbocycles. The Morgan fingerprint density at radius 2 is 2.17 bits per heavy atom. The van der Waals surface area contributed by atoms with Crippen LogP contribution < -0.4 is 0 Å². The third-order valence-corrected chi connectivity index (χ3v) is 2.70. The van der Waals surface area contributed by atoms with Crippen LogP contribution in [0.5, 0.6) is 0 Å². The summed E-state index contributed by atoms with van der Waals surface area (Å²) in [6.07, 6.45) is 0. The molecular formula is C8H6Cl2OS. The average molecular weight is 221 g/mol. The lowest BCUT2D eigenvalue weighted by molar-refractivity contribution is 0.101. The van der Waals surface area contributed by atoms with Crippen molar-refractivity contribution in [1.29, 1.82) is 0 Å². The molecule has 0 fully saturated rings. The van der Waals surface area contributed by atoms with Gasteiger partial charge in [0, 0.05) is 10.5 Å². The van der Waals surface area contributed by atoms with Crippen LogP contribution in [-0.2, 0) is 0 Å². The fourth-order valence-electron chi connectivity index (χ4n) is 0.822. The van der Waals surface area contributed by atoms with E-state index in [-0.39, 0.29) is 5.78 Å². The maximum atomic E-state index is 11.0. The zero-order chi connectivity index (χ0) is 9.14. The first-order valence-corrected chi connectivity index (χ1v) is 5.26. The fourth-order valence-corrected chi connectivity index (χ4v) is 1.64. The van der Waals surface area contributed by atoms with Crippen LogP contribution in [0.1, 0.15) is 17.3 Å². The third-order valence-electron chi connectivity index (χ3n) is 1.41. The number of benzene rings is 1. The number of hydrogen-bond donors (Lipinski definition) is 0. The first-order valence-electron chi connectivity index (χ1n) is 3.24. The van der Waals surface area contributed by atoms with Crippen molar-refractivity contribution in [3.05, 3.63) is 28.8 Å². The van der Waals surface area contributed by atoms with Crippen LogP contribution in [0.15, 0.2) is 23.1 Å². The molecule has 0 saturated carbocycles. The zero-order valence-corrected chi connectivity index (χ0v) is 8.63. The molecule has 0 aliphatic rings. The van der Waals surface area contributed by atoms with Gasteiger partial charge in [-0.3, -0.25) is 4.79 Å². The number of hydrogen-bond acceptors (Lipinski definition) is 2. The summed E-state index contributed by atoms with van der Waals surface area (Å²) < 4.78 is 0. The molecule has 0 aliphatic heterocycles. The third kappa shape index (κ3) is 2.16. The Labute approximate surface area is 84.6 Å². The van der Waals surface area contributed by atoms with Gasteiger partial charge in [-0.05, 0) is 46.8 Å². The minimum atomic E-state index is -0.0485. The van der Waals surface area contributed by atoms with Crippen LogP contribution >= 0.6 is 33.3 Å². The Morgan fingerprint density at radius 3 is 2.67 bits per heavy atom. The molecule has 4 heteroatoms. The van der Waals surface area contributed by atoms with E-state index in [4.69, 9.17) is 22.3 Å². The Kier molecular flexibility index (Phi) is 3.44. The number of rotatable bonds is 2. The summed E-state index contributed by atoms with van der Waals surface area (Å²) in [6.45, 7) is 1.48. The Morgan fingerprint density at radius 1 is 1.50 bits per heavy atom. The maximum absolute atomic E-state index is 11.0. The van der Waals surface area contributed by atoms with Crippen molar-refractivity contribution in [2.75, 3.05) is 0 Å². The fraction of sp³-hybridized carbons (Fsp3) is 0.125. The molecule has 0 saturated heterocycles. The van der Waals surface area contributed by atoms with Crippen molar-refractivity contribution in [1.82, 2.24) is 0 Å². The molecule has 1 aromatic carbocycles. The van der Waals surface area contributed by atoms with E-state index in [1.165, 1.54) is 6.92 Å².